The molecule has 48 heavy (non-hydrogen) atoms. The number of aromatic nitrogens is 1. The minimum absolute atomic E-state index is 0.0345. The van der Waals surface area contributed by atoms with Gasteiger partial charge in [-0.1, -0.05) is 6.07 Å². The summed E-state index contributed by atoms with van der Waals surface area (Å²) in [5.41, 5.74) is 1.11. The minimum atomic E-state index is -3.31. The Morgan fingerprint density at radius 2 is 1.17 bits per heavy atom. The molecule has 1 aliphatic rings. The van der Waals surface area contributed by atoms with Crippen LogP contribution in [-0.2, 0) is 51.8 Å². The van der Waals surface area contributed by atoms with Crippen molar-refractivity contribution < 1.29 is 55.7 Å². The van der Waals surface area contributed by atoms with E-state index in [1.807, 2.05) is 11.9 Å². The number of ether oxygens (including phenoxy) is 2. The van der Waals surface area contributed by atoms with Gasteiger partial charge in [0.25, 0.3) is 0 Å². The highest BCUT2D eigenvalue weighted by Gasteiger charge is 2.29. The standard InChI is InChI=1S/C28H46N6O12S2/c1-32-11-13-33(23(25(35)36)7-9-29-27(39)45-15-17-47(2,41)42)19-21-5-4-6-22(31-21)20-34(14-12-32)24(26(37)38)8-10-30-28(40)46-16-18-48(3,43)44/h4-6,23-24H,7-20H2,1-3H3,(H,29,39)(H,30,40)(H,35,36)(H,37,38). The van der Waals surface area contributed by atoms with Gasteiger partial charge in [-0.25, -0.2) is 26.4 Å². The monoisotopic (exact) mass is 722 g/mol. The number of hydrogen-bond acceptors (Lipinski definition) is 14. The van der Waals surface area contributed by atoms with E-state index in [0.717, 1.165) is 12.5 Å². The summed E-state index contributed by atoms with van der Waals surface area (Å²) in [5, 5.41) is 25.1. The lowest BCUT2D eigenvalue weighted by Crippen LogP contribution is -2.48. The van der Waals surface area contributed by atoms with Crippen LogP contribution in [0.5, 0.6) is 0 Å². The number of pyridine rings is 1. The molecule has 2 rings (SSSR count). The predicted molar refractivity (Wildman–Crippen MR) is 173 cm³/mol. The summed E-state index contributed by atoms with van der Waals surface area (Å²) < 4.78 is 54.6. The zero-order chi connectivity index (χ0) is 35.9. The quantitative estimate of drug-likeness (QED) is 0.158. The van der Waals surface area contributed by atoms with E-state index in [2.05, 4.69) is 15.6 Å². The first-order chi connectivity index (χ1) is 22.4. The second-order valence-corrected chi connectivity index (χ2v) is 16.1. The second kappa shape index (κ2) is 19.4. The summed E-state index contributed by atoms with van der Waals surface area (Å²) in [5.74, 6) is -2.86. The molecular weight excluding hydrogens is 676 g/mol. The van der Waals surface area contributed by atoms with Gasteiger partial charge in [-0.15, -0.1) is 0 Å². The van der Waals surface area contributed by atoms with E-state index in [-0.39, 0.29) is 63.7 Å². The van der Waals surface area contributed by atoms with Crippen molar-refractivity contribution in [3.05, 3.63) is 29.6 Å². The molecule has 18 nitrogen and oxygen atoms in total. The van der Waals surface area contributed by atoms with Crippen molar-refractivity contribution in [3.63, 3.8) is 0 Å². The molecule has 0 saturated heterocycles. The largest absolute Gasteiger partial charge is 0.480 e. The Hall–Kier alpha value is -3.59. The Morgan fingerprint density at radius 1 is 0.771 bits per heavy atom. The number of likely N-dealkylation sites (N-methyl/N-ethyl adjacent to an activating group) is 1. The van der Waals surface area contributed by atoms with Crippen LogP contribution in [0.1, 0.15) is 24.2 Å². The average molecular weight is 723 g/mol. The van der Waals surface area contributed by atoms with Crippen molar-refractivity contribution in [1.82, 2.24) is 30.3 Å². The highest BCUT2D eigenvalue weighted by Crippen LogP contribution is 2.15. The first kappa shape index (κ1) is 40.6. The van der Waals surface area contributed by atoms with Gasteiger partial charge in [0, 0.05) is 64.9 Å². The van der Waals surface area contributed by atoms with Crippen molar-refractivity contribution >= 4 is 43.8 Å². The number of fused-ring (bicyclic) bond motifs is 2. The number of nitrogens with zero attached hydrogens (tertiary/aromatic N) is 4. The number of rotatable bonds is 16. The molecule has 4 N–H and O–H groups in total. The van der Waals surface area contributed by atoms with Crippen LogP contribution in [0.15, 0.2) is 18.2 Å². The maximum Gasteiger partial charge on any atom is 0.407 e. The third-order valence-electron chi connectivity index (χ3n) is 7.33. The van der Waals surface area contributed by atoms with Gasteiger partial charge >= 0.3 is 24.1 Å². The Labute approximate surface area is 280 Å². The summed E-state index contributed by atoms with van der Waals surface area (Å²) in [7, 11) is -4.79. The van der Waals surface area contributed by atoms with Gasteiger partial charge in [0.05, 0.1) is 22.9 Å². The van der Waals surface area contributed by atoms with E-state index < -0.39 is 55.9 Å². The lowest BCUT2D eigenvalue weighted by Gasteiger charge is -2.33. The molecule has 0 aliphatic carbocycles. The first-order valence-electron chi connectivity index (χ1n) is 15.2. The third kappa shape index (κ3) is 16.5. The maximum atomic E-state index is 12.3. The van der Waals surface area contributed by atoms with Crippen LogP contribution < -0.4 is 10.6 Å². The summed E-state index contributed by atoms with van der Waals surface area (Å²) in [6.45, 7) is 1.08. The van der Waals surface area contributed by atoms with E-state index in [4.69, 9.17) is 9.47 Å². The van der Waals surface area contributed by atoms with Gasteiger partial charge in [-0.2, -0.15) is 0 Å². The summed E-state index contributed by atoms with van der Waals surface area (Å²) >= 11 is 0. The molecule has 1 aromatic rings. The Bertz CT molecular complexity index is 1360. The molecule has 272 valence electrons. The average Bonchev–Trinajstić information content (AvgIpc) is 2.96. The normalized spacial score (nSPS) is 16.8. The molecule has 20 heteroatoms. The Balaban J connectivity index is 2.10. The van der Waals surface area contributed by atoms with E-state index in [1.165, 1.54) is 0 Å². The minimum Gasteiger partial charge on any atom is -0.480 e. The summed E-state index contributed by atoms with van der Waals surface area (Å²) in [4.78, 5) is 58.7. The van der Waals surface area contributed by atoms with E-state index >= 15 is 0 Å². The zero-order valence-corrected chi connectivity index (χ0v) is 29.0. The number of carboxylic acids is 2. The zero-order valence-electron chi connectivity index (χ0n) is 27.4. The molecule has 1 aromatic heterocycles. The van der Waals surface area contributed by atoms with Crippen LogP contribution in [0.3, 0.4) is 0 Å². The summed E-state index contributed by atoms with van der Waals surface area (Å²) in [6, 6.07) is 3.23. The number of nitrogens with one attached hydrogen (secondary N) is 2. The molecule has 2 heterocycles. The van der Waals surface area contributed by atoms with Crippen LogP contribution in [0.2, 0.25) is 0 Å². The lowest BCUT2D eigenvalue weighted by atomic mass is 10.1. The smallest absolute Gasteiger partial charge is 0.407 e. The van der Waals surface area contributed by atoms with Crippen LogP contribution in [-0.4, -0.2) is 166 Å². The Morgan fingerprint density at radius 3 is 1.52 bits per heavy atom. The van der Waals surface area contributed by atoms with Gasteiger partial charge in [0.15, 0.2) is 19.7 Å². The highest BCUT2D eigenvalue weighted by atomic mass is 32.2. The van der Waals surface area contributed by atoms with Crippen molar-refractivity contribution in [1.29, 1.82) is 0 Å². The molecule has 0 saturated carbocycles. The van der Waals surface area contributed by atoms with E-state index in [9.17, 15) is 46.2 Å². The molecule has 0 aromatic carbocycles. The fourth-order valence-corrected chi connectivity index (χ4v) is 5.51. The molecule has 2 amide bonds. The van der Waals surface area contributed by atoms with Crippen molar-refractivity contribution in [2.75, 3.05) is 83.5 Å². The van der Waals surface area contributed by atoms with Crippen molar-refractivity contribution in [2.45, 2.75) is 38.0 Å². The molecular formula is C28H46N6O12S2. The molecule has 0 fully saturated rings. The SMILES string of the molecule is CN1CCN(C(CCNC(=O)OCCS(C)(=O)=O)C(=O)O)Cc2cccc(n2)CN(C(CCNC(=O)OCCS(C)(=O)=O)C(=O)O)CC1. The topological polar surface area (TPSA) is 242 Å². The van der Waals surface area contributed by atoms with E-state index in [1.54, 1.807) is 28.0 Å². The van der Waals surface area contributed by atoms with Gasteiger partial charge in [0.1, 0.15) is 25.3 Å². The number of hydrogen-bond donors (Lipinski definition) is 4. The van der Waals surface area contributed by atoms with Crippen LogP contribution in [0.4, 0.5) is 9.59 Å². The maximum absolute atomic E-state index is 12.3. The highest BCUT2D eigenvalue weighted by molar-refractivity contribution is 7.90. The third-order valence-corrected chi connectivity index (χ3v) is 9.15. The molecule has 2 bridgehead atoms. The van der Waals surface area contributed by atoms with Crippen molar-refractivity contribution in [2.24, 2.45) is 0 Å². The number of amides is 2. The number of carboxylic acid groups (broad SMARTS) is 2. The summed E-state index contributed by atoms with van der Waals surface area (Å²) in [6.07, 6.45) is 0.404. The number of sulfone groups is 2. The van der Waals surface area contributed by atoms with Gasteiger partial charge < -0.3 is 35.2 Å². The van der Waals surface area contributed by atoms with Gasteiger partial charge in [-0.3, -0.25) is 24.4 Å². The number of aliphatic carboxylic acids is 2. The molecule has 0 spiro atoms. The number of carbonyl (C=O) groups is 4. The van der Waals surface area contributed by atoms with Crippen LogP contribution in [0.25, 0.3) is 0 Å². The molecule has 2 unspecified atom stereocenters. The van der Waals surface area contributed by atoms with Crippen LogP contribution in [0, 0.1) is 0 Å². The number of alkyl carbamates (subject to hydrolysis) is 2. The molecule has 2 atom stereocenters. The number of carbonyl (C=O) groups excluding carboxylic acids is 2. The fraction of sp³-hybridized carbons (Fsp3) is 0.679. The Kier molecular flexibility index (Phi) is 16.4. The fourth-order valence-electron chi connectivity index (χ4n) is 4.74. The van der Waals surface area contributed by atoms with Crippen molar-refractivity contribution in [3.8, 4) is 0 Å². The van der Waals surface area contributed by atoms with E-state index in [0.29, 0.717) is 37.6 Å². The second-order valence-electron chi connectivity index (χ2n) is 11.5. The van der Waals surface area contributed by atoms with Crippen LogP contribution >= 0.6 is 0 Å². The predicted octanol–water partition coefficient (Wildman–Crippen LogP) is -1.14. The van der Waals surface area contributed by atoms with Gasteiger partial charge in [0.2, 0.25) is 0 Å². The molecule has 0 radical (unpaired) electrons. The molecule has 1 aliphatic heterocycles. The van der Waals surface area contributed by atoms with Gasteiger partial charge in [-0.05, 0) is 32.0 Å². The first-order valence-corrected chi connectivity index (χ1v) is 19.3. The lowest BCUT2D eigenvalue weighted by molar-refractivity contribution is -0.144.